The maximum atomic E-state index is 5.96. The van der Waals surface area contributed by atoms with Crippen molar-refractivity contribution in [1.82, 2.24) is 4.98 Å². The van der Waals surface area contributed by atoms with Gasteiger partial charge in [-0.2, -0.15) is 0 Å². The molecular weight excluding hydrogens is 262 g/mol. The first-order chi connectivity index (χ1) is 10.2. The van der Waals surface area contributed by atoms with Crippen LogP contribution in [0.4, 0.5) is 11.4 Å². The predicted octanol–water partition coefficient (Wildman–Crippen LogP) is 3.13. The Bertz CT molecular complexity index is 639. The second kappa shape index (κ2) is 5.90. The first-order valence-corrected chi connectivity index (χ1v) is 7.71. The lowest BCUT2D eigenvalue weighted by Crippen LogP contribution is -2.39. The van der Waals surface area contributed by atoms with Crippen LogP contribution in [0, 0.1) is 6.92 Å². The number of rotatable bonds is 3. The molecule has 0 bridgehead atoms. The lowest BCUT2D eigenvalue weighted by Gasteiger charge is -2.35. The Morgan fingerprint density at radius 1 is 1.38 bits per heavy atom. The van der Waals surface area contributed by atoms with Crippen LogP contribution in [0.3, 0.4) is 0 Å². The monoisotopic (exact) mass is 285 g/mol. The number of aryl methyl sites for hydroxylation is 1. The van der Waals surface area contributed by atoms with E-state index in [-0.39, 0.29) is 0 Å². The normalized spacial score (nSPS) is 19.1. The van der Waals surface area contributed by atoms with E-state index in [0.29, 0.717) is 6.10 Å². The fourth-order valence-electron chi connectivity index (χ4n) is 3.14. The molecule has 3 rings (SSSR count). The van der Waals surface area contributed by atoms with Gasteiger partial charge in [0.1, 0.15) is 0 Å². The molecule has 1 aromatic heterocycles. The highest BCUT2D eigenvalue weighted by Crippen LogP contribution is 2.30. The summed E-state index contributed by atoms with van der Waals surface area (Å²) in [4.78, 5) is 7.03. The third kappa shape index (κ3) is 2.95. The van der Waals surface area contributed by atoms with Gasteiger partial charge in [0.15, 0.2) is 0 Å². The highest BCUT2D eigenvalue weighted by Gasteiger charge is 2.22. The van der Waals surface area contributed by atoms with Gasteiger partial charge in [-0.15, -0.1) is 0 Å². The molecule has 1 atom stereocenters. The van der Waals surface area contributed by atoms with E-state index in [1.807, 2.05) is 25.1 Å². The zero-order chi connectivity index (χ0) is 14.8. The molecule has 4 nitrogen and oxygen atoms in total. The van der Waals surface area contributed by atoms with Gasteiger partial charge in [0.25, 0.3) is 0 Å². The van der Waals surface area contributed by atoms with Crippen LogP contribution >= 0.6 is 0 Å². The Kier molecular flexibility index (Phi) is 3.97. The van der Waals surface area contributed by atoms with Crippen LogP contribution in [-0.2, 0) is 4.74 Å². The molecule has 112 valence electrons. The van der Waals surface area contributed by atoms with Crippen LogP contribution < -0.4 is 10.6 Å². The fraction of sp³-hybridized carbons (Fsp3) is 0.471. The largest absolute Gasteiger partial charge is 0.399 e. The van der Waals surface area contributed by atoms with Crippen molar-refractivity contribution in [2.24, 2.45) is 0 Å². The van der Waals surface area contributed by atoms with Crippen LogP contribution in [0.15, 0.2) is 24.3 Å². The summed E-state index contributed by atoms with van der Waals surface area (Å²) in [6.07, 6.45) is 2.64. The van der Waals surface area contributed by atoms with E-state index < -0.39 is 0 Å². The minimum absolute atomic E-state index is 0.327. The van der Waals surface area contributed by atoms with E-state index in [2.05, 4.69) is 22.9 Å². The van der Waals surface area contributed by atoms with Crippen molar-refractivity contribution in [2.45, 2.75) is 32.8 Å². The molecule has 4 heteroatoms. The summed E-state index contributed by atoms with van der Waals surface area (Å²) in [5.74, 6) is 0. The zero-order valence-electron chi connectivity index (χ0n) is 12.8. The fourth-order valence-corrected chi connectivity index (χ4v) is 3.14. The van der Waals surface area contributed by atoms with Gasteiger partial charge in [0.05, 0.1) is 11.6 Å². The quantitative estimate of drug-likeness (QED) is 0.880. The van der Waals surface area contributed by atoms with E-state index >= 15 is 0 Å². The summed E-state index contributed by atoms with van der Waals surface area (Å²) in [5.41, 5.74) is 10.0. The molecule has 1 aromatic carbocycles. The molecule has 0 radical (unpaired) electrons. The highest BCUT2D eigenvalue weighted by atomic mass is 16.5. The number of hydrogen-bond acceptors (Lipinski definition) is 4. The summed E-state index contributed by atoms with van der Waals surface area (Å²) >= 11 is 0. The van der Waals surface area contributed by atoms with Gasteiger partial charge in [-0.3, -0.25) is 4.98 Å². The van der Waals surface area contributed by atoms with Crippen molar-refractivity contribution in [3.8, 4) is 0 Å². The number of pyridine rings is 1. The van der Waals surface area contributed by atoms with Crippen molar-refractivity contribution in [3.63, 3.8) is 0 Å². The number of fused-ring (bicyclic) bond motifs is 1. The number of benzene rings is 1. The first kappa shape index (κ1) is 14.1. The number of nitrogen functional groups attached to an aromatic ring is 1. The Morgan fingerprint density at radius 3 is 3.05 bits per heavy atom. The number of aromatic nitrogens is 1. The summed E-state index contributed by atoms with van der Waals surface area (Å²) in [5, 5.41) is 1.14. The summed E-state index contributed by atoms with van der Waals surface area (Å²) in [6, 6.07) is 8.11. The maximum absolute atomic E-state index is 5.96. The molecule has 1 saturated heterocycles. The first-order valence-electron chi connectivity index (χ1n) is 7.71. The van der Waals surface area contributed by atoms with Crippen molar-refractivity contribution in [2.75, 3.05) is 30.3 Å². The van der Waals surface area contributed by atoms with Gasteiger partial charge in [-0.1, -0.05) is 0 Å². The Labute approximate surface area is 125 Å². The van der Waals surface area contributed by atoms with Gasteiger partial charge in [0, 0.05) is 42.2 Å². The van der Waals surface area contributed by atoms with Crippen LogP contribution in [0.5, 0.6) is 0 Å². The van der Waals surface area contributed by atoms with Gasteiger partial charge in [-0.25, -0.2) is 0 Å². The number of nitrogens with two attached hydrogens (primary N) is 1. The number of piperidine rings is 1. The van der Waals surface area contributed by atoms with Crippen molar-refractivity contribution >= 4 is 22.3 Å². The summed E-state index contributed by atoms with van der Waals surface area (Å²) in [7, 11) is 0. The van der Waals surface area contributed by atoms with E-state index in [1.54, 1.807) is 0 Å². The molecule has 1 aliphatic rings. The second-order valence-corrected chi connectivity index (χ2v) is 5.72. The standard InChI is InChI=1S/C17H23N3O/c1-3-21-14-5-4-8-20(11-14)17-9-12(2)19-16-7-6-13(18)10-15(16)17/h6-7,9-10,14H,3-5,8,11,18H2,1-2H3. The van der Waals surface area contributed by atoms with E-state index in [9.17, 15) is 0 Å². The number of ether oxygens (including phenoxy) is 1. The molecule has 0 spiro atoms. The predicted molar refractivity (Wildman–Crippen MR) is 87.8 cm³/mol. The number of hydrogen-bond donors (Lipinski definition) is 1. The molecule has 2 heterocycles. The van der Waals surface area contributed by atoms with Gasteiger partial charge in [0.2, 0.25) is 0 Å². The second-order valence-electron chi connectivity index (χ2n) is 5.72. The minimum Gasteiger partial charge on any atom is -0.399 e. The van der Waals surface area contributed by atoms with E-state index in [1.165, 1.54) is 5.69 Å². The zero-order valence-corrected chi connectivity index (χ0v) is 12.8. The molecule has 0 amide bonds. The molecule has 2 N–H and O–H groups in total. The minimum atomic E-state index is 0.327. The maximum Gasteiger partial charge on any atom is 0.0750 e. The van der Waals surface area contributed by atoms with Gasteiger partial charge in [-0.05, 0) is 51.0 Å². The van der Waals surface area contributed by atoms with Crippen LogP contribution in [0.1, 0.15) is 25.5 Å². The Morgan fingerprint density at radius 2 is 2.24 bits per heavy atom. The third-order valence-electron chi connectivity index (χ3n) is 4.06. The van der Waals surface area contributed by atoms with E-state index in [0.717, 1.165) is 54.8 Å². The van der Waals surface area contributed by atoms with E-state index in [4.69, 9.17) is 10.5 Å². The Hall–Kier alpha value is -1.81. The van der Waals surface area contributed by atoms with Gasteiger partial charge < -0.3 is 15.4 Å². The lowest BCUT2D eigenvalue weighted by molar-refractivity contribution is 0.0527. The molecule has 1 unspecified atom stereocenters. The molecule has 1 fully saturated rings. The molecule has 1 aliphatic heterocycles. The van der Waals surface area contributed by atoms with Crippen LogP contribution in [-0.4, -0.2) is 30.8 Å². The molecule has 0 aliphatic carbocycles. The third-order valence-corrected chi connectivity index (χ3v) is 4.06. The number of nitrogens with zero attached hydrogens (tertiary/aromatic N) is 2. The molecule has 0 saturated carbocycles. The SMILES string of the molecule is CCOC1CCCN(c2cc(C)nc3ccc(N)cc23)C1. The highest BCUT2D eigenvalue weighted by molar-refractivity contribution is 5.94. The van der Waals surface area contributed by atoms with Gasteiger partial charge >= 0.3 is 0 Å². The average Bonchev–Trinajstić information content (AvgIpc) is 2.47. The molecule has 2 aromatic rings. The molecular formula is C17H23N3O. The lowest BCUT2D eigenvalue weighted by atomic mass is 10.0. The van der Waals surface area contributed by atoms with Crippen molar-refractivity contribution in [3.05, 3.63) is 30.0 Å². The van der Waals surface area contributed by atoms with Crippen molar-refractivity contribution in [1.29, 1.82) is 0 Å². The average molecular weight is 285 g/mol. The number of anilines is 2. The van der Waals surface area contributed by atoms with Crippen molar-refractivity contribution < 1.29 is 4.74 Å². The Balaban J connectivity index is 2.00. The topological polar surface area (TPSA) is 51.4 Å². The molecule has 21 heavy (non-hydrogen) atoms. The smallest absolute Gasteiger partial charge is 0.0750 e. The van der Waals surface area contributed by atoms with Crippen LogP contribution in [0.25, 0.3) is 10.9 Å². The summed E-state index contributed by atoms with van der Waals surface area (Å²) in [6.45, 7) is 6.90. The summed E-state index contributed by atoms with van der Waals surface area (Å²) < 4.78 is 5.82. The van der Waals surface area contributed by atoms with Crippen LogP contribution in [0.2, 0.25) is 0 Å².